The highest BCUT2D eigenvalue weighted by atomic mass is 35.5. The lowest BCUT2D eigenvalue weighted by Gasteiger charge is -2.21. The second-order valence-electron chi connectivity index (χ2n) is 4.83. The number of hydrogen-bond acceptors (Lipinski definition) is 3. The lowest BCUT2D eigenvalue weighted by atomic mass is 9.95. The molecule has 0 aliphatic carbocycles. The number of carbonyl (C=O) groups excluding carboxylic acids is 1. The van der Waals surface area contributed by atoms with Crippen molar-refractivity contribution < 1.29 is 9.18 Å². The van der Waals surface area contributed by atoms with Crippen molar-refractivity contribution in [3.8, 4) is 0 Å². The van der Waals surface area contributed by atoms with Gasteiger partial charge in [0.25, 0.3) is 5.91 Å². The molecule has 0 spiro atoms. The van der Waals surface area contributed by atoms with Crippen LogP contribution in [-0.4, -0.2) is 29.0 Å². The Bertz CT molecular complexity index is 496. The summed E-state index contributed by atoms with van der Waals surface area (Å²) in [5.74, 6) is -0.911. The van der Waals surface area contributed by atoms with Crippen molar-refractivity contribution in [2.24, 2.45) is 0 Å². The molecular weight excluding hydrogens is 257 g/mol. The van der Waals surface area contributed by atoms with Gasteiger partial charge in [-0.2, -0.15) is 0 Å². The van der Waals surface area contributed by atoms with Gasteiger partial charge in [-0.05, 0) is 31.4 Å². The number of fused-ring (bicyclic) bond motifs is 2. The third kappa shape index (κ3) is 2.08. The number of rotatable bonds is 2. The van der Waals surface area contributed by atoms with E-state index >= 15 is 0 Å². The Morgan fingerprint density at radius 3 is 2.94 bits per heavy atom. The van der Waals surface area contributed by atoms with Gasteiger partial charge in [0.15, 0.2) is 11.0 Å². The molecule has 3 atom stereocenters. The third-order valence-corrected chi connectivity index (χ3v) is 3.92. The average molecular weight is 270 g/mol. The smallest absolute Gasteiger partial charge is 0.270 e. The van der Waals surface area contributed by atoms with Crippen molar-refractivity contribution in [3.63, 3.8) is 0 Å². The molecular formula is C12H13ClFN3O. The number of amides is 1. The molecule has 2 fully saturated rings. The van der Waals surface area contributed by atoms with Gasteiger partial charge in [-0.15, -0.1) is 0 Å². The van der Waals surface area contributed by atoms with E-state index < -0.39 is 5.82 Å². The molecule has 1 aromatic heterocycles. The van der Waals surface area contributed by atoms with E-state index in [1.807, 2.05) is 0 Å². The van der Waals surface area contributed by atoms with Crippen LogP contribution in [0.5, 0.6) is 0 Å². The van der Waals surface area contributed by atoms with Gasteiger partial charge in [0.1, 0.15) is 5.69 Å². The molecule has 2 aliphatic heterocycles. The topological polar surface area (TPSA) is 54.0 Å². The summed E-state index contributed by atoms with van der Waals surface area (Å²) in [5, 5.41) is 6.09. The van der Waals surface area contributed by atoms with Crippen LogP contribution in [0.2, 0.25) is 5.15 Å². The summed E-state index contributed by atoms with van der Waals surface area (Å²) in [4.78, 5) is 15.7. The first-order valence-electron chi connectivity index (χ1n) is 6.02. The summed E-state index contributed by atoms with van der Waals surface area (Å²) in [5.41, 5.74) is 0.157. The van der Waals surface area contributed by atoms with Crippen LogP contribution in [0.15, 0.2) is 12.1 Å². The molecule has 1 amide bonds. The number of pyridine rings is 1. The van der Waals surface area contributed by atoms with Crippen molar-refractivity contribution >= 4 is 17.5 Å². The Labute approximate surface area is 109 Å². The van der Waals surface area contributed by atoms with Gasteiger partial charge in [0.05, 0.1) is 0 Å². The zero-order valence-electron chi connectivity index (χ0n) is 9.62. The number of aromatic nitrogens is 1. The number of carbonyl (C=O) groups is 1. The minimum absolute atomic E-state index is 0.141. The average Bonchev–Trinajstić information content (AvgIpc) is 2.94. The fourth-order valence-electron chi connectivity index (χ4n) is 2.77. The highest BCUT2D eigenvalue weighted by Gasteiger charge is 2.39. The fourth-order valence-corrected chi connectivity index (χ4v) is 2.92. The van der Waals surface area contributed by atoms with Crippen LogP contribution in [0.25, 0.3) is 0 Å². The molecule has 4 nitrogen and oxygen atoms in total. The van der Waals surface area contributed by atoms with Gasteiger partial charge in [-0.1, -0.05) is 11.6 Å². The summed E-state index contributed by atoms with van der Waals surface area (Å²) < 4.78 is 13.0. The summed E-state index contributed by atoms with van der Waals surface area (Å²) in [6.07, 6.45) is 3.22. The maximum atomic E-state index is 13.0. The number of halogens is 2. The minimum atomic E-state index is -0.616. The van der Waals surface area contributed by atoms with Crippen LogP contribution in [-0.2, 0) is 0 Å². The predicted molar refractivity (Wildman–Crippen MR) is 65.0 cm³/mol. The van der Waals surface area contributed by atoms with E-state index in [0.717, 1.165) is 18.9 Å². The molecule has 2 aliphatic rings. The Hall–Kier alpha value is -1.20. The van der Waals surface area contributed by atoms with Crippen LogP contribution in [0.3, 0.4) is 0 Å². The number of hydrogen-bond donors (Lipinski definition) is 2. The quantitative estimate of drug-likeness (QED) is 0.800. The first-order chi connectivity index (χ1) is 8.63. The SMILES string of the molecule is O=C(NC1CC2CCC1N2)c1ccc(F)c(Cl)n1. The van der Waals surface area contributed by atoms with E-state index in [1.165, 1.54) is 12.5 Å². The van der Waals surface area contributed by atoms with Crippen molar-refractivity contribution in [1.82, 2.24) is 15.6 Å². The third-order valence-electron chi connectivity index (χ3n) is 3.65. The molecule has 3 heterocycles. The number of nitrogens with one attached hydrogen (secondary N) is 2. The summed E-state index contributed by atoms with van der Waals surface area (Å²) in [7, 11) is 0. The highest BCUT2D eigenvalue weighted by Crippen LogP contribution is 2.28. The Morgan fingerprint density at radius 1 is 1.50 bits per heavy atom. The van der Waals surface area contributed by atoms with Gasteiger partial charge in [-0.3, -0.25) is 4.79 Å². The van der Waals surface area contributed by atoms with E-state index in [4.69, 9.17) is 11.6 Å². The molecule has 96 valence electrons. The van der Waals surface area contributed by atoms with E-state index in [1.54, 1.807) is 0 Å². The molecule has 0 radical (unpaired) electrons. The van der Waals surface area contributed by atoms with Crippen LogP contribution in [0, 0.1) is 5.82 Å². The van der Waals surface area contributed by atoms with E-state index in [-0.39, 0.29) is 22.8 Å². The standard InChI is InChI=1S/C12H13ClFN3O/c13-11-7(14)2-4-9(16-11)12(18)17-10-5-6-1-3-8(10)15-6/h2,4,6,8,10,15H,1,3,5H2,(H,17,18). The molecule has 6 heteroatoms. The Kier molecular flexibility index (Phi) is 2.95. The number of nitrogens with zero attached hydrogens (tertiary/aromatic N) is 1. The van der Waals surface area contributed by atoms with Crippen LogP contribution < -0.4 is 10.6 Å². The summed E-state index contributed by atoms with van der Waals surface area (Å²) in [6.45, 7) is 0. The first kappa shape index (κ1) is 11.9. The molecule has 1 aromatic rings. The highest BCUT2D eigenvalue weighted by molar-refractivity contribution is 6.29. The lowest BCUT2D eigenvalue weighted by Crippen LogP contribution is -2.43. The zero-order chi connectivity index (χ0) is 12.7. The Morgan fingerprint density at radius 2 is 2.33 bits per heavy atom. The maximum Gasteiger partial charge on any atom is 0.270 e. The van der Waals surface area contributed by atoms with Crippen molar-refractivity contribution in [1.29, 1.82) is 0 Å². The summed E-state index contributed by atoms with van der Waals surface area (Å²) in [6, 6.07) is 3.52. The largest absolute Gasteiger partial charge is 0.346 e. The molecule has 2 bridgehead atoms. The molecule has 18 heavy (non-hydrogen) atoms. The zero-order valence-corrected chi connectivity index (χ0v) is 10.4. The molecule has 0 aromatic carbocycles. The van der Waals surface area contributed by atoms with Crippen LogP contribution >= 0.6 is 11.6 Å². The summed E-state index contributed by atoms with van der Waals surface area (Å²) >= 11 is 5.56. The Balaban J connectivity index is 1.69. The van der Waals surface area contributed by atoms with Gasteiger partial charge >= 0.3 is 0 Å². The molecule has 0 saturated carbocycles. The lowest BCUT2D eigenvalue weighted by molar-refractivity contribution is 0.0926. The van der Waals surface area contributed by atoms with Crippen molar-refractivity contribution in [2.45, 2.75) is 37.4 Å². The molecule has 3 unspecified atom stereocenters. The monoisotopic (exact) mass is 269 g/mol. The van der Waals surface area contributed by atoms with Gasteiger partial charge in [0.2, 0.25) is 0 Å². The fraction of sp³-hybridized carbons (Fsp3) is 0.500. The predicted octanol–water partition coefficient (Wildman–Crippen LogP) is 1.50. The van der Waals surface area contributed by atoms with Crippen molar-refractivity contribution in [2.75, 3.05) is 0 Å². The second-order valence-corrected chi connectivity index (χ2v) is 5.19. The minimum Gasteiger partial charge on any atom is -0.346 e. The van der Waals surface area contributed by atoms with Crippen LogP contribution in [0.1, 0.15) is 29.8 Å². The van der Waals surface area contributed by atoms with Gasteiger partial charge < -0.3 is 10.6 Å². The maximum absolute atomic E-state index is 13.0. The van der Waals surface area contributed by atoms with E-state index in [0.29, 0.717) is 12.1 Å². The van der Waals surface area contributed by atoms with Gasteiger partial charge in [0, 0.05) is 18.1 Å². The molecule has 2 saturated heterocycles. The molecule has 2 N–H and O–H groups in total. The van der Waals surface area contributed by atoms with Crippen molar-refractivity contribution in [3.05, 3.63) is 28.8 Å². The molecule has 3 rings (SSSR count). The van der Waals surface area contributed by atoms with E-state index in [9.17, 15) is 9.18 Å². The van der Waals surface area contributed by atoms with Gasteiger partial charge in [-0.25, -0.2) is 9.37 Å². The van der Waals surface area contributed by atoms with Crippen LogP contribution in [0.4, 0.5) is 4.39 Å². The van der Waals surface area contributed by atoms with E-state index in [2.05, 4.69) is 15.6 Å². The normalized spacial score (nSPS) is 29.6. The second kappa shape index (κ2) is 4.48. The first-order valence-corrected chi connectivity index (χ1v) is 6.40.